The third kappa shape index (κ3) is 1.97. The van der Waals surface area contributed by atoms with Gasteiger partial charge in [0.1, 0.15) is 5.76 Å². The van der Waals surface area contributed by atoms with Gasteiger partial charge in [-0.25, -0.2) is 4.79 Å². The van der Waals surface area contributed by atoms with Crippen LogP contribution in [-0.2, 0) is 21.4 Å². The van der Waals surface area contributed by atoms with E-state index < -0.39 is 29.2 Å². The van der Waals surface area contributed by atoms with Crippen LogP contribution in [0.2, 0.25) is 0 Å². The van der Waals surface area contributed by atoms with Crippen LogP contribution in [-0.4, -0.2) is 63.6 Å². The van der Waals surface area contributed by atoms with Crippen LogP contribution in [0.4, 0.5) is 0 Å². The standard InChI is InChI=1S/C21H25NO6/c1-3-12(23)19(25)27-14-6-7-21(26)15-10-11-4-5-13(24)17-16(11)20(21,18(14)28-17)8-9-22(15)2/h4-6,12,15,18,23-24,26H,3,7-10H2,1-2H3/t12-,15+,18?,20?,21+/m0/s1. The van der Waals surface area contributed by atoms with Gasteiger partial charge in [-0.15, -0.1) is 0 Å². The maximum absolute atomic E-state index is 12.2. The number of aliphatic hydroxyl groups is 2. The lowest BCUT2D eigenvalue weighted by Crippen LogP contribution is -2.74. The number of likely N-dealkylation sites (tertiary alicyclic amines) is 1. The molecule has 0 aromatic heterocycles. The molecule has 1 fully saturated rings. The molecule has 2 aliphatic carbocycles. The molecule has 7 nitrogen and oxygen atoms in total. The van der Waals surface area contributed by atoms with Gasteiger partial charge < -0.3 is 29.7 Å². The van der Waals surface area contributed by atoms with Crippen LogP contribution in [0.5, 0.6) is 11.5 Å². The lowest BCUT2D eigenvalue weighted by Gasteiger charge is -2.61. The summed E-state index contributed by atoms with van der Waals surface area (Å²) in [6.45, 7) is 2.47. The lowest BCUT2D eigenvalue weighted by molar-refractivity contribution is -0.172. The summed E-state index contributed by atoms with van der Waals surface area (Å²) in [5, 5.41) is 32.2. The summed E-state index contributed by atoms with van der Waals surface area (Å²) in [4.78, 5) is 14.4. The van der Waals surface area contributed by atoms with Crippen molar-refractivity contribution in [3.63, 3.8) is 0 Å². The second-order valence-electron chi connectivity index (χ2n) is 8.45. The number of piperidine rings is 1. The fraction of sp³-hybridized carbons (Fsp3) is 0.571. The summed E-state index contributed by atoms with van der Waals surface area (Å²) in [5.74, 6) is -0.000791. The van der Waals surface area contributed by atoms with E-state index in [0.29, 0.717) is 30.8 Å². The van der Waals surface area contributed by atoms with E-state index in [1.807, 2.05) is 13.1 Å². The average molecular weight is 387 g/mol. The van der Waals surface area contributed by atoms with Crippen molar-refractivity contribution in [2.75, 3.05) is 13.6 Å². The van der Waals surface area contributed by atoms with Crippen molar-refractivity contribution in [3.05, 3.63) is 35.1 Å². The minimum atomic E-state index is -1.21. The largest absolute Gasteiger partial charge is 0.504 e. The fourth-order valence-electron chi connectivity index (χ4n) is 5.79. The number of phenolic OH excluding ortho intramolecular Hbond substituents is 1. The highest BCUT2D eigenvalue weighted by molar-refractivity contribution is 5.76. The number of esters is 1. The number of carbonyl (C=O) groups excluding carboxylic acids is 1. The van der Waals surface area contributed by atoms with Crippen LogP contribution < -0.4 is 4.74 Å². The number of ether oxygens (including phenoxy) is 2. The van der Waals surface area contributed by atoms with Gasteiger partial charge in [-0.1, -0.05) is 13.0 Å². The number of hydrogen-bond donors (Lipinski definition) is 3. The highest BCUT2D eigenvalue weighted by Crippen LogP contribution is 2.65. The van der Waals surface area contributed by atoms with Crippen molar-refractivity contribution in [2.45, 2.75) is 61.9 Å². The van der Waals surface area contributed by atoms with E-state index in [2.05, 4.69) is 4.90 Å². The Balaban J connectivity index is 1.68. The number of aliphatic hydroxyl groups excluding tert-OH is 1. The van der Waals surface area contributed by atoms with Gasteiger partial charge in [0.05, 0.1) is 11.0 Å². The van der Waals surface area contributed by atoms with Crippen molar-refractivity contribution in [1.82, 2.24) is 4.90 Å². The Morgan fingerprint density at radius 1 is 1.46 bits per heavy atom. The minimum absolute atomic E-state index is 0.0292. The van der Waals surface area contributed by atoms with E-state index in [-0.39, 0.29) is 18.2 Å². The summed E-state index contributed by atoms with van der Waals surface area (Å²) >= 11 is 0. The van der Waals surface area contributed by atoms with E-state index in [4.69, 9.17) is 9.47 Å². The molecule has 1 spiro atoms. The van der Waals surface area contributed by atoms with Crippen molar-refractivity contribution < 1.29 is 29.6 Å². The Labute approximate surface area is 163 Å². The molecule has 1 aromatic rings. The van der Waals surface area contributed by atoms with Gasteiger partial charge in [0.25, 0.3) is 0 Å². The molecule has 1 aromatic carbocycles. The molecule has 28 heavy (non-hydrogen) atoms. The maximum atomic E-state index is 12.2. The second kappa shape index (κ2) is 5.72. The summed E-state index contributed by atoms with van der Waals surface area (Å²) in [6, 6.07) is 3.43. The third-order valence-corrected chi connectivity index (χ3v) is 7.23. The number of benzene rings is 1. The van der Waals surface area contributed by atoms with Crippen LogP contribution >= 0.6 is 0 Å². The first kappa shape index (κ1) is 18.0. The molecule has 5 rings (SSSR count). The maximum Gasteiger partial charge on any atom is 0.340 e. The predicted molar refractivity (Wildman–Crippen MR) is 99.0 cm³/mol. The van der Waals surface area contributed by atoms with Crippen LogP contribution in [0, 0.1) is 0 Å². The molecule has 2 aliphatic heterocycles. The Morgan fingerprint density at radius 2 is 2.25 bits per heavy atom. The number of carbonyl (C=O) groups is 1. The Bertz CT molecular complexity index is 897. The Hall–Kier alpha value is -2.09. The number of nitrogens with zero attached hydrogens (tertiary/aromatic N) is 1. The zero-order chi connectivity index (χ0) is 19.8. The topological polar surface area (TPSA) is 99.5 Å². The van der Waals surface area contributed by atoms with Crippen molar-refractivity contribution in [3.8, 4) is 11.5 Å². The SMILES string of the molecule is CC[C@H](O)C(=O)OC1=CC[C@@]2(O)[C@H]3Cc4ccc(O)c5c4C2(CCN3C)C1O5. The van der Waals surface area contributed by atoms with E-state index >= 15 is 0 Å². The van der Waals surface area contributed by atoms with Crippen molar-refractivity contribution in [2.24, 2.45) is 0 Å². The molecule has 0 saturated carbocycles. The summed E-state index contributed by atoms with van der Waals surface area (Å²) < 4.78 is 11.7. The molecule has 0 radical (unpaired) electrons. The smallest absolute Gasteiger partial charge is 0.340 e. The summed E-state index contributed by atoms with van der Waals surface area (Å²) in [5.41, 5.74) is 0.0309. The Kier molecular flexibility index (Phi) is 3.67. The first-order valence-corrected chi connectivity index (χ1v) is 9.88. The molecule has 3 N–H and O–H groups in total. The number of likely N-dealkylation sites (N-methyl/N-ethyl adjacent to an activating group) is 1. The van der Waals surface area contributed by atoms with Gasteiger partial charge in [0.2, 0.25) is 0 Å². The van der Waals surface area contributed by atoms with Gasteiger partial charge in [-0.3, -0.25) is 0 Å². The molecule has 7 heteroatoms. The highest BCUT2D eigenvalue weighted by Gasteiger charge is 2.72. The zero-order valence-electron chi connectivity index (χ0n) is 16.0. The average Bonchev–Trinajstić information content (AvgIpc) is 3.03. The fourth-order valence-corrected chi connectivity index (χ4v) is 5.79. The number of rotatable bonds is 3. The second-order valence-corrected chi connectivity index (χ2v) is 8.45. The Morgan fingerprint density at radius 3 is 3.00 bits per heavy atom. The third-order valence-electron chi connectivity index (χ3n) is 7.23. The molecule has 2 unspecified atom stereocenters. The summed E-state index contributed by atoms with van der Waals surface area (Å²) in [7, 11) is 2.02. The molecule has 2 heterocycles. The number of aromatic hydroxyl groups is 1. The molecule has 5 atom stereocenters. The van der Waals surface area contributed by atoms with E-state index in [1.165, 1.54) is 0 Å². The minimum Gasteiger partial charge on any atom is -0.504 e. The van der Waals surface area contributed by atoms with Crippen LogP contribution in [0.1, 0.15) is 37.3 Å². The van der Waals surface area contributed by atoms with Crippen LogP contribution in [0.15, 0.2) is 24.0 Å². The number of hydrogen-bond acceptors (Lipinski definition) is 7. The molecule has 1 saturated heterocycles. The predicted octanol–water partition coefficient (Wildman–Crippen LogP) is 0.984. The number of phenols is 1. The highest BCUT2D eigenvalue weighted by atomic mass is 16.6. The van der Waals surface area contributed by atoms with E-state index in [9.17, 15) is 20.1 Å². The molecule has 2 bridgehead atoms. The van der Waals surface area contributed by atoms with E-state index in [0.717, 1.165) is 17.7 Å². The molecular formula is C21H25NO6. The molecular weight excluding hydrogens is 362 g/mol. The quantitative estimate of drug-likeness (QED) is 0.665. The normalized spacial score (nSPS) is 36.2. The van der Waals surface area contributed by atoms with Gasteiger partial charge in [-0.2, -0.15) is 0 Å². The van der Waals surface area contributed by atoms with Gasteiger partial charge in [-0.05, 0) is 50.6 Å². The summed E-state index contributed by atoms with van der Waals surface area (Å²) in [6.07, 6.45) is 1.66. The van der Waals surface area contributed by atoms with Crippen molar-refractivity contribution >= 4 is 5.97 Å². The first-order chi connectivity index (χ1) is 13.3. The lowest BCUT2D eigenvalue weighted by atomic mass is 9.50. The van der Waals surface area contributed by atoms with Crippen molar-refractivity contribution in [1.29, 1.82) is 0 Å². The van der Waals surface area contributed by atoms with Crippen LogP contribution in [0.25, 0.3) is 0 Å². The van der Waals surface area contributed by atoms with Gasteiger partial charge >= 0.3 is 5.97 Å². The zero-order valence-corrected chi connectivity index (χ0v) is 16.0. The molecule has 4 aliphatic rings. The molecule has 150 valence electrons. The first-order valence-electron chi connectivity index (χ1n) is 9.88. The van der Waals surface area contributed by atoms with Gasteiger partial charge in [0, 0.05) is 18.0 Å². The van der Waals surface area contributed by atoms with Gasteiger partial charge in [0.15, 0.2) is 23.7 Å². The monoisotopic (exact) mass is 387 g/mol. The van der Waals surface area contributed by atoms with Crippen LogP contribution in [0.3, 0.4) is 0 Å². The molecule has 0 amide bonds. The van der Waals surface area contributed by atoms with E-state index in [1.54, 1.807) is 19.1 Å².